The fraction of sp³-hybridized carbons (Fsp3) is 0.750. The van der Waals surface area contributed by atoms with Gasteiger partial charge in [-0.15, -0.1) is 0 Å². The standard InChI is InChI=1S/C4H9NO5S/c1-10-2-3(4(6)7)5-11(8)9/h3,5H,2H2,1H3,(H,6,7)(H,8,9)/p-1/t3-/m0/s1. The van der Waals surface area contributed by atoms with Gasteiger partial charge in [0.1, 0.15) is 6.04 Å². The third kappa shape index (κ3) is 4.85. The lowest BCUT2D eigenvalue weighted by Gasteiger charge is -2.14. The fourth-order valence-electron chi connectivity index (χ4n) is 0.439. The van der Waals surface area contributed by atoms with Gasteiger partial charge in [0.25, 0.3) is 0 Å². The van der Waals surface area contributed by atoms with Crippen molar-refractivity contribution < 1.29 is 23.4 Å². The molecule has 0 aliphatic carbocycles. The van der Waals surface area contributed by atoms with Crippen molar-refractivity contribution in [2.75, 3.05) is 13.7 Å². The van der Waals surface area contributed by atoms with Crippen molar-refractivity contribution in [2.24, 2.45) is 0 Å². The maximum absolute atomic E-state index is 10.2. The predicted octanol–water partition coefficient (Wildman–Crippen LogP) is -1.53. The molecule has 0 heterocycles. The van der Waals surface area contributed by atoms with Gasteiger partial charge in [-0.3, -0.25) is 9.00 Å². The van der Waals surface area contributed by atoms with Crippen LogP contribution in [0.25, 0.3) is 0 Å². The van der Waals surface area contributed by atoms with Crippen molar-refractivity contribution in [3.8, 4) is 0 Å². The zero-order valence-corrected chi connectivity index (χ0v) is 6.59. The molecule has 0 saturated carbocycles. The van der Waals surface area contributed by atoms with E-state index in [0.29, 0.717) is 0 Å². The first-order chi connectivity index (χ1) is 5.07. The van der Waals surface area contributed by atoms with Gasteiger partial charge in [0.2, 0.25) is 0 Å². The Bertz CT molecular complexity index is 161. The summed E-state index contributed by atoms with van der Waals surface area (Å²) in [5.74, 6) is -1.27. The molecule has 2 N–H and O–H groups in total. The van der Waals surface area contributed by atoms with Crippen LogP contribution in [0.3, 0.4) is 0 Å². The SMILES string of the molecule is COC[C@H](NS(=O)[O-])C(=O)O. The summed E-state index contributed by atoms with van der Waals surface area (Å²) in [5.41, 5.74) is 0. The molecular formula is C4H8NO5S-. The Morgan fingerprint density at radius 3 is 2.73 bits per heavy atom. The Labute approximate surface area is 66.0 Å². The number of carboxylic acids is 1. The average Bonchev–Trinajstić information content (AvgIpc) is 1.86. The second-order valence-corrected chi connectivity index (χ2v) is 2.40. The summed E-state index contributed by atoms with van der Waals surface area (Å²) in [5, 5.41) is 8.34. The molecule has 0 fully saturated rings. The van der Waals surface area contributed by atoms with Crippen LogP contribution in [-0.2, 0) is 20.8 Å². The molecule has 0 aliphatic rings. The zero-order chi connectivity index (χ0) is 8.85. The first-order valence-electron chi connectivity index (χ1n) is 2.65. The van der Waals surface area contributed by atoms with Crippen molar-refractivity contribution >= 4 is 17.2 Å². The lowest BCUT2D eigenvalue weighted by atomic mass is 10.3. The van der Waals surface area contributed by atoms with Gasteiger partial charge in [0.05, 0.1) is 6.61 Å². The monoisotopic (exact) mass is 182 g/mol. The highest BCUT2D eigenvalue weighted by Crippen LogP contribution is 1.85. The Morgan fingerprint density at radius 2 is 2.45 bits per heavy atom. The minimum Gasteiger partial charge on any atom is -0.760 e. The van der Waals surface area contributed by atoms with Gasteiger partial charge in [-0.05, 0) is 0 Å². The van der Waals surface area contributed by atoms with Crippen LogP contribution in [0.4, 0.5) is 0 Å². The Kier molecular flexibility index (Phi) is 4.95. The van der Waals surface area contributed by atoms with Crippen LogP contribution in [0.1, 0.15) is 0 Å². The number of nitrogens with one attached hydrogen (secondary N) is 1. The summed E-state index contributed by atoms with van der Waals surface area (Å²) < 4.78 is 26.1. The number of hydrogen-bond acceptors (Lipinski definition) is 4. The Hall–Kier alpha value is -0.500. The van der Waals surface area contributed by atoms with E-state index in [0.717, 1.165) is 0 Å². The minimum absolute atomic E-state index is 0.191. The molecule has 0 aromatic heterocycles. The largest absolute Gasteiger partial charge is 0.760 e. The van der Waals surface area contributed by atoms with E-state index in [9.17, 15) is 13.6 Å². The average molecular weight is 182 g/mol. The minimum atomic E-state index is -2.58. The van der Waals surface area contributed by atoms with E-state index in [4.69, 9.17) is 5.11 Å². The van der Waals surface area contributed by atoms with Crippen molar-refractivity contribution in [3.63, 3.8) is 0 Å². The number of aliphatic carboxylic acids is 1. The highest BCUT2D eigenvalue weighted by atomic mass is 32.2. The van der Waals surface area contributed by atoms with E-state index < -0.39 is 23.3 Å². The highest BCUT2D eigenvalue weighted by molar-refractivity contribution is 7.77. The maximum atomic E-state index is 10.2. The normalized spacial score (nSPS) is 15.8. The van der Waals surface area contributed by atoms with E-state index >= 15 is 0 Å². The second kappa shape index (κ2) is 5.19. The summed E-state index contributed by atoms with van der Waals surface area (Å²) in [6.45, 7) is -0.191. The van der Waals surface area contributed by atoms with E-state index in [1.807, 2.05) is 0 Å². The van der Waals surface area contributed by atoms with E-state index in [1.54, 1.807) is 4.72 Å². The third-order valence-corrected chi connectivity index (χ3v) is 1.35. The van der Waals surface area contributed by atoms with Gasteiger partial charge in [-0.1, -0.05) is 0 Å². The molecule has 1 unspecified atom stereocenters. The summed E-state index contributed by atoms with van der Waals surface area (Å²) in [4.78, 5) is 10.2. The summed E-state index contributed by atoms with van der Waals surface area (Å²) in [7, 11) is 1.28. The molecule has 0 saturated heterocycles. The van der Waals surface area contributed by atoms with Crippen molar-refractivity contribution in [3.05, 3.63) is 0 Å². The first-order valence-corrected chi connectivity index (χ1v) is 3.72. The number of carbonyl (C=O) groups is 1. The molecular weight excluding hydrogens is 174 g/mol. The smallest absolute Gasteiger partial charge is 0.324 e. The van der Waals surface area contributed by atoms with Crippen LogP contribution in [0.5, 0.6) is 0 Å². The maximum Gasteiger partial charge on any atom is 0.324 e. The molecule has 0 aromatic carbocycles. The van der Waals surface area contributed by atoms with Crippen molar-refractivity contribution in [1.29, 1.82) is 0 Å². The molecule has 0 aromatic rings. The van der Waals surface area contributed by atoms with E-state index in [2.05, 4.69) is 4.74 Å². The fourth-order valence-corrected chi connectivity index (χ4v) is 0.840. The molecule has 7 heteroatoms. The van der Waals surface area contributed by atoms with Crippen LogP contribution >= 0.6 is 0 Å². The van der Waals surface area contributed by atoms with Gasteiger partial charge in [-0.25, -0.2) is 4.72 Å². The molecule has 11 heavy (non-hydrogen) atoms. The predicted molar refractivity (Wildman–Crippen MR) is 35.4 cm³/mol. The molecule has 0 rings (SSSR count). The molecule has 0 amide bonds. The van der Waals surface area contributed by atoms with Crippen molar-refractivity contribution in [2.45, 2.75) is 6.04 Å². The molecule has 0 spiro atoms. The van der Waals surface area contributed by atoms with Crippen LogP contribution in [0.15, 0.2) is 0 Å². The topological polar surface area (TPSA) is 98.7 Å². The summed E-state index contributed by atoms with van der Waals surface area (Å²) in [6.07, 6.45) is 0. The van der Waals surface area contributed by atoms with Crippen molar-refractivity contribution in [1.82, 2.24) is 4.72 Å². The Morgan fingerprint density at radius 1 is 1.91 bits per heavy atom. The molecule has 2 atom stereocenters. The van der Waals surface area contributed by atoms with Gasteiger partial charge in [0, 0.05) is 18.4 Å². The van der Waals surface area contributed by atoms with E-state index in [1.165, 1.54) is 7.11 Å². The highest BCUT2D eigenvalue weighted by Gasteiger charge is 2.15. The summed E-state index contributed by atoms with van der Waals surface area (Å²) in [6, 6.07) is -1.21. The molecule has 0 aliphatic heterocycles. The van der Waals surface area contributed by atoms with Gasteiger partial charge in [-0.2, -0.15) is 0 Å². The van der Waals surface area contributed by atoms with Crippen LogP contribution in [-0.4, -0.2) is 39.6 Å². The van der Waals surface area contributed by atoms with Gasteiger partial charge in [0.15, 0.2) is 0 Å². The number of methoxy groups -OCH3 is 1. The van der Waals surface area contributed by atoms with Gasteiger partial charge >= 0.3 is 5.97 Å². The van der Waals surface area contributed by atoms with Crippen LogP contribution < -0.4 is 4.72 Å². The quantitative estimate of drug-likeness (QED) is 0.502. The third-order valence-electron chi connectivity index (χ3n) is 0.870. The Balaban J connectivity index is 3.89. The number of ether oxygens (including phenoxy) is 1. The molecule has 66 valence electrons. The van der Waals surface area contributed by atoms with Gasteiger partial charge < -0.3 is 14.4 Å². The second-order valence-electron chi connectivity index (χ2n) is 1.70. The van der Waals surface area contributed by atoms with Crippen LogP contribution in [0.2, 0.25) is 0 Å². The van der Waals surface area contributed by atoms with Crippen LogP contribution in [0, 0.1) is 0 Å². The zero-order valence-electron chi connectivity index (χ0n) is 5.77. The molecule has 6 nitrogen and oxygen atoms in total. The number of carboxylic acid groups (broad SMARTS) is 1. The first kappa shape index (κ1) is 10.5. The summed E-state index contributed by atoms with van der Waals surface area (Å²) >= 11 is -2.58. The van der Waals surface area contributed by atoms with E-state index in [-0.39, 0.29) is 6.61 Å². The lowest BCUT2D eigenvalue weighted by Crippen LogP contribution is -2.41. The number of hydrogen-bond donors (Lipinski definition) is 2. The number of rotatable bonds is 5. The molecule has 0 radical (unpaired) electrons. The lowest BCUT2D eigenvalue weighted by molar-refractivity contribution is -0.140. The molecule has 0 bridgehead atoms.